The van der Waals surface area contributed by atoms with E-state index in [1.807, 2.05) is 36.1 Å². The summed E-state index contributed by atoms with van der Waals surface area (Å²) in [7, 11) is 0. The number of aromatic hydroxyl groups is 2. The van der Waals surface area contributed by atoms with Gasteiger partial charge in [0.1, 0.15) is 11.8 Å². The van der Waals surface area contributed by atoms with Gasteiger partial charge in [-0.3, -0.25) is 4.79 Å². The van der Waals surface area contributed by atoms with Crippen molar-refractivity contribution in [3.05, 3.63) is 53.6 Å². The molecule has 2 aromatic carbocycles. The van der Waals surface area contributed by atoms with Gasteiger partial charge < -0.3 is 24.6 Å². The van der Waals surface area contributed by atoms with Crippen LogP contribution in [0.1, 0.15) is 43.0 Å². The van der Waals surface area contributed by atoms with E-state index in [0.29, 0.717) is 18.9 Å². The zero-order valence-electron chi connectivity index (χ0n) is 18.0. The Bertz CT molecular complexity index is 993. The van der Waals surface area contributed by atoms with Gasteiger partial charge in [-0.25, -0.2) is 10.9 Å². The van der Waals surface area contributed by atoms with Gasteiger partial charge >= 0.3 is 0 Å². The SMILES string of the molecule is CCOc1cc(C2C3C(NNC3c3ccccc3O)C(=O)N2CC2CCCO2)ccc1O. The van der Waals surface area contributed by atoms with Gasteiger partial charge in [0, 0.05) is 24.6 Å². The molecule has 3 aliphatic rings. The summed E-state index contributed by atoms with van der Waals surface area (Å²) in [6, 6.07) is 11.5. The maximum absolute atomic E-state index is 13.5. The fourth-order valence-corrected chi connectivity index (χ4v) is 5.31. The van der Waals surface area contributed by atoms with Crippen LogP contribution in [0.3, 0.4) is 0 Å². The van der Waals surface area contributed by atoms with Gasteiger partial charge in [0.15, 0.2) is 11.5 Å². The van der Waals surface area contributed by atoms with Crippen LogP contribution in [0.5, 0.6) is 17.2 Å². The Labute approximate surface area is 187 Å². The maximum atomic E-state index is 13.5. The Hall–Kier alpha value is -2.81. The van der Waals surface area contributed by atoms with Gasteiger partial charge in [0.2, 0.25) is 5.91 Å². The topological polar surface area (TPSA) is 103 Å². The second-order valence-corrected chi connectivity index (χ2v) is 8.61. The highest BCUT2D eigenvalue weighted by molar-refractivity contribution is 5.86. The number of rotatable bonds is 6. The second kappa shape index (κ2) is 8.61. The highest BCUT2D eigenvalue weighted by Crippen LogP contribution is 2.49. The maximum Gasteiger partial charge on any atom is 0.242 e. The zero-order valence-corrected chi connectivity index (χ0v) is 18.0. The third kappa shape index (κ3) is 3.58. The molecular formula is C24H29N3O5. The lowest BCUT2D eigenvalue weighted by Crippen LogP contribution is -2.43. The Balaban J connectivity index is 1.56. The van der Waals surface area contributed by atoms with Crippen LogP contribution in [0.4, 0.5) is 0 Å². The molecule has 3 aliphatic heterocycles. The minimum atomic E-state index is -0.435. The number of nitrogens with zero attached hydrogens (tertiary/aromatic N) is 1. The molecule has 4 N–H and O–H groups in total. The fourth-order valence-electron chi connectivity index (χ4n) is 5.31. The van der Waals surface area contributed by atoms with Gasteiger partial charge in [0.25, 0.3) is 0 Å². The van der Waals surface area contributed by atoms with Crippen molar-refractivity contribution in [1.29, 1.82) is 0 Å². The summed E-state index contributed by atoms with van der Waals surface area (Å²) in [5.74, 6) is 0.498. The van der Waals surface area contributed by atoms with Crippen LogP contribution in [-0.2, 0) is 9.53 Å². The van der Waals surface area contributed by atoms with Crippen molar-refractivity contribution < 1.29 is 24.5 Å². The minimum Gasteiger partial charge on any atom is -0.508 e. The van der Waals surface area contributed by atoms with Gasteiger partial charge in [-0.1, -0.05) is 24.3 Å². The molecule has 0 spiro atoms. The first kappa shape index (κ1) is 21.1. The van der Waals surface area contributed by atoms with E-state index in [-0.39, 0.29) is 41.5 Å². The van der Waals surface area contributed by atoms with Crippen LogP contribution in [0, 0.1) is 5.92 Å². The van der Waals surface area contributed by atoms with Gasteiger partial charge in [-0.2, -0.15) is 0 Å². The predicted octanol–water partition coefficient (Wildman–Crippen LogP) is 2.39. The number of phenolic OH excluding ortho intramolecular Hbond substituents is 2. The van der Waals surface area contributed by atoms with E-state index in [1.165, 1.54) is 0 Å². The molecule has 8 heteroatoms. The van der Waals surface area contributed by atoms with E-state index in [0.717, 1.165) is 30.6 Å². The third-order valence-electron chi connectivity index (χ3n) is 6.73. The predicted molar refractivity (Wildman–Crippen MR) is 117 cm³/mol. The Kier molecular flexibility index (Phi) is 5.67. The lowest BCUT2D eigenvalue weighted by atomic mass is 9.83. The molecule has 5 unspecified atom stereocenters. The highest BCUT2D eigenvalue weighted by atomic mass is 16.5. The normalized spacial score (nSPS) is 29.5. The summed E-state index contributed by atoms with van der Waals surface area (Å²) in [4.78, 5) is 15.4. The summed E-state index contributed by atoms with van der Waals surface area (Å²) in [6.45, 7) is 3.52. The van der Waals surface area contributed by atoms with Crippen LogP contribution in [0.25, 0.3) is 0 Å². The summed E-state index contributed by atoms with van der Waals surface area (Å²) in [5.41, 5.74) is 8.05. The number of ether oxygens (including phenoxy) is 2. The molecule has 5 atom stereocenters. The van der Waals surface area contributed by atoms with Crippen molar-refractivity contribution in [2.45, 2.75) is 44.0 Å². The fraction of sp³-hybridized carbons (Fsp3) is 0.458. The number of hydrogen-bond donors (Lipinski definition) is 4. The molecule has 2 aromatic rings. The molecular weight excluding hydrogens is 410 g/mol. The van der Waals surface area contributed by atoms with E-state index >= 15 is 0 Å². The van der Waals surface area contributed by atoms with Crippen molar-refractivity contribution >= 4 is 5.91 Å². The number of hydrogen-bond acceptors (Lipinski definition) is 7. The van der Waals surface area contributed by atoms with E-state index in [2.05, 4.69) is 10.9 Å². The Morgan fingerprint density at radius 1 is 1.12 bits per heavy atom. The number of carbonyl (C=O) groups excluding carboxylic acids is 1. The zero-order chi connectivity index (χ0) is 22.2. The number of phenols is 2. The van der Waals surface area contributed by atoms with Crippen molar-refractivity contribution in [3.63, 3.8) is 0 Å². The molecule has 1 amide bonds. The standard InChI is InChI=1S/C24H29N3O5/c1-2-31-19-12-14(9-10-18(19)29)23-20-21(16-7-3-4-8-17(16)28)25-26-22(20)24(30)27(23)13-15-6-5-11-32-15/h3-4,7-10,12,15,20-23,25-26,28-29H,2,5-6,11,13H2,1H3. The summed E-state index contributed by atoms with van der Waals surface area (Å²) < 4.78 is 11.5. The smallest absolute Gasteiger partial charge is 0.242 e. The summed E-state index contributed by atoms with van der Waals surface area (Å²) in [5, 5.41) is 20.7. The van der Waals surface area contributed by atoms with Gasteiger partial charge in [-0.05, 0) is 43.5 Å². The molecule has 3 fully saturated rings. The average molecular weight is 440 g/mol. The van der Waals surface area contributed by atoms with Crippen LogP contribution in [0.15, 0.2) is 42.5 Å². The van der Waals surface area contributed by atoms with Crippen LogP contribution >= 0.6 is 0 Å². The van der Waals surface area contributed by atoms with E-state index in [4.69, 9.17) is 9.47 Å². The lowest BCUT2D eigenvalue weighted by Gasteiger charge is -2.33. The number of amides is 1. The minimum absolute atomic E-state index is 0.00644. The molecule has 5 rings (SSSR count). The van der Waals surface area contributed by atoms with Crippen molar-refractivity contribution in [3.8, 4) is 17.2 Å². The monoisotopic (exact) mass is 439 g/mol. The van der Waals surface area contributed by atoms with Crippen molar-refractivity contribution in [2.75, 3.05) is 19.8 Å². The van der Waals surface area contributed by atoms with Gasteiger partial charge in [0.05, 0.1) is 24.8 Å². The molecule has 32 heavy (non-hydrogen) atoms. The molecule has 0 aromatic heterocycles. The molecule has 170 valence electrons. The molecule has 0 aliphatic carbocycles. The number of hydrazine groups is 1. The number of fused-ring (bicyclic) bond motifs is 1. The van der Waals surface area contributed by atoms with Crippen LogP contribution in [0.2, 0.25) is 0 Å². The first-order valence-corrected chi connectivity index (χ1v) is 11.2. The molecule has 0 bridgehead atoms. The first-order valence-electron chi connectivity index (χ1n) is 11.2. The van der Waals surface area contributed by atoms with E-state index in [1.54, 1.807) is 18.2 Å². The molecule has 0 radical (unpaired) electrons. The molecule has 3 saturated heterocycles. The first-order chi connectivity index (χ1) is 15.6. The molecule has 8 nitrogen and oxygen atoms in total. The average Bonchev–Trinajstić information content (AvgIpc) is 3.50. The largest absolute Gasteiger partial charge is 0.508 e. The summed E-state index contributed by atoms with van der Waals surface area (Å²) >= 11 is 0. The molecule has 0 saturated carbocycles. The number of para-hydroxylation sites is 1. The highest BCUT2D eigenvalue weighted by Gasteiger charge is 2.56. The van der Waals surface area contributed by atoms with Crippen LogP contribution in [-0.4, -0.2) is 52.9 Å². The quantitative estimate of drug-likeness (QED) is 0.548. The van der Waals surface area contributed by atoms with E-state index < -0.39 is 6.04 Å². The number of benzene rings is 2. The molecule has 3 heterocycles. The number of carbonyl (C=O) groups is 1. The van der Waals surface area contributed by atoms with Gasteiger partial charge in [-0.15, -0.1) is 0 Å². The van der Waals surface area contributed by atoms with E-state index in [9.17, 15) is 15.0 Å². The lowest BCUT2D eigenvalue weighted by molar-refractivity contribution is -0.132. The summed E-state index contributed by atoms with van der Waals surface area (Å²) in [6.07, 6.45) is 1.94. The number of likely N-dealkylation sites (tertiary alicyclic amines) is 1. The second-order valence-electron chi connectivity index (χ2n) is 8.61. The van der Waals surface area contributed by atoms with Crippen molar-refractivity contribution in [1.82, 2.24) is 15.8 Å². The van der Waals surface area contributed by atoms with Crippen molar-refractivity contribution in [2.24, 2.45) is 5.92 Å². The Morgan fingerprint density at radius 2 is 1.94 bits per heavy atom. The van der Waals surface area contributed by atoms with Crippen LogP contribution < -0.4 is 15.6 Å². The third-order valence-corrected chi connectivity index (χ3v) is 6.73. The Morgan fingerprint density at radius 3 is 2.69 bits per heavy atom. The number of nitrogens with one attached hydrogen (secondary N) is 2.